The van der Waals surface area contributed by atoms with Gasteiger partial charge in [-0.15, -0.1) is 0 Å². The van der Waals surface area contributed by atoms with Crippen molar-refractivity contribution in [3.8, 4) is 0 Å². The summed E-state index contributed by atoms with van der Waals surface area (Å²) in [5.74, 6) is -50.7. The number of halogens is 14. The maximum atomic E-state index is 13.0. The molecule has 0 amide bonds. The minimum absolute atomic E-state index is 1.09. The van der Waals surface area contributed by atoms with Crippen molar-refractivity contribution in [3.05, 3.63) is 12.7 Å². The third kappa shape index (κ3) is 2.61. The number of alkyl halides is 14. The number of rotatable bonds is 7. The van der Waals surface area contributed by atoms with Gasteiger partial charge < -0.3 is 0 Å². The van der Waals surface area contributed by atoms with Crippen LogP contribution in [-0.2, 0) is 0 Å². The second-order valence-electron chi connectivity index (χ2n) is 4.59. The maximum absolute atomic E-state index is 13.0. The first-order chi connectivity index (χ1) is 10.1. The van der Waals surface area contributed by atoms with Gasteiger partial charge in [-0.3, -0.25) is 0 Å². The third-order valence-corrected chi connectivity index (χ3v) is 2.80. The monoisotopic (exact) mass is 392 g/mol. The first-order valence-electron chi connectivity index (χ1n) is 5.34. The van der Waals surface area contributed by atoms with E-state index in [9.17, 15) is 61.5 Å². The van der Waals surface area contributed by atoms with Crippen LogP contribution in [-0.4, -0.2) is 41.5 Å². The van der Waals surface area contributed by atoms with Gasteiger partial charge in [-0.25, -0.2) is 0 Å². The highest BCUT2D eigenvalue weighted by Gasteiger charge is 2.92. The van der Waals surface area contributed by atoms with E-state index in [2.05, 4.69) is 0 Å². The maximum Gasteiger partial charge on any atom is 0.385 e. The van der Waals surface area contributed by atoms with E-state index in [0.717, 1.165) is 0 Å². The molecule has 0 rings (SSSR count). The summed E-state index contributed by atoms with van der Waals surface area (Å²) in [6.07, 6.45) is -1.33. The van der Waals surface area contributed by atoms with Crippen LogP contribution in [0.15, 0.2) is 12.7 Å². The zero-order valence-electron chi connectivity index (χ0n) is 11.1. The second-order valence-corrected chi connectivity index (χ2v) is 4.59. The fraction of sp³-hybridized carbons (Fsp3) is 0.800. The lowest BCUT2D eigenvalue weighted by Crippen LogP contribution is -2.72. The van der Waals surface area contributed by atoms with Crippen molar-refractivity contribution in [1.82, 2.24) is 0 Å². The van der Waals surface area contributed by atoms with Crippen LogP contribution in [0.1, 0.15) is 6.92 Å². The van der Waals surface area contributed by atoms with Crippen LogP contribution in [0.3, 0.4) is 0 Å². The molecule has 0 aromatic carbocycles. The fourth-order valence-electron chi connectivity index (χ4n) is 1.20. The molecule has 0 saturated heterocycles. The lowest BCUT2D eigenvalue weighted by molar-refractivity contribution is -0.436. The SMILES string of the molecule is C=CC(F)(F)C(F)(F)C(F)(F)C(F)(F)C(F)(F)C(F)(F)C(C)(F)F. The van der Waals surface area contributed by atoms with Gasteiger partial charge in [0.25, 0.3) is 0 Å². The van der Waals surface area contributed by atoms with Gasteiger partial charge in [-0.1, -0.05) is 6.58 Å². The van der Waals surface area contributed by atoms with Gasteiger partial charge in [-0.2, -0.15) is 61.5 Å². The Morgan fingerprint density at radius 1 is 0.500 bits per heavy atom. The summed E-state index contributed by atoms with van der Waals surface area (Å²) in [5, 5.41) is 0. The Kier molecular flexibility index (Phi) is 5.10. The van der Waals surface area contributed by atoms with E-state index in [1.54, 1.807) is 0 Å². The predicted molar refractivity (Wildman–Crippen MR) is 50.5 cm³/mol. The number of allylic oxidation sites excluding steroid dienone is 1. The van der Waals surface area contributed by atoms with Crippen LogP contribution in [0.25, 0.3) is 0 Å². The molecule has 24 heavy (non-hydrogen) atoms. The van der Waals surface area contributed by atoms with Gasteiger partial charge in [0, 0.05) is 6.92 Å². The normalized spacial score (nSPS) is 16.3. The Morgan fingerprint density at radius 3 is 1.00 bits per heavy atom. The summed E-state index contributed by atoms with van der Waals surface area (Å²) in [6, 6.07) is 0. The molecule has 0 aromatic heterocycles. The molecule has 0 atom stereocenters. The van der Waals surface area contributed by atoms with Crippen molar-refractivity contribution in [2.45, 2.75) is 48.4 Å². The molecule has 0 bridgehead atoms. The largest absolute Gasteiger partial charge is 0.385 e. The Hall–Kier alpha value is -1.24. The van der Waals surface area contributed by atoms with E-state index in [1.807, 2.05) is 6.58 Å². The van der Waals surface area contributed by atoms with E-state index in [4.69, 9.17) is 0 Å². The van der Waals surface area contributed by atoms with Crippen LogP contribution in [0.4, 0.5) is 61.5 Å². The lowest BCUT2D eigenvalue weighted by atomic mass is 9.89. The Labute approximate surface area is 124 Å². The van der Waals surface area contributed by atoms with Gasteiger partial charge in [0.2, 0.25) is 0 Å². The van der Waals surface area contributed by atoms with Gasteiger partial charge >= 0.3 is 41.5 Å². The lowest BCUT2D eigenvalue weighted by Gasteiger charge is -2.41. The van der Waals surface area contributed by atoms with Crippen molar-refractivity contribution in [2.75, 3.05) is 0 Å². The minimum atomic E-state index is -8.00. The molecule has 0 aliphatic carbocycles. The number of hydrogen-bond acceptors (Lipinski definition) is 0. The van der Waals surface area contributed by atoms with Gasteiger partial charge in [0.1, 0.15) is 0 Å². The molecule has 0 aromatic rings. The molecule has 0 saturated carbocycles. The molecule has 144 valence electrons. The highest BCUT2D eigenvalue weighted by molar-refractivity contribution is 5.16. The highest BCUT2D eigenvalue weighted by atomic mass is 19.4. The van der Waals surface area contributed by atoms with Crippen molar-refractivity contribution < 1.29 is 61.5 Å². The summed E-state index contributed by atoms with van der Waals surface area (Å²) in [6.45, 7) is 0.789. The molecule has 0 unspecified atom stereocenters. The number of hydrogen-bond donors (Lipinski definition) is 0. The van der Waals surface area contributed by atoms with Crippen LogP contribution in [0.5, 0.6) is 0 Å². The second kappa shape index (κ2) is 5.38. The van der Waals surface area contributed by atoms with E-state index >= 15 is 0 Å². The molecule has 0 radical (unpaired) electrons. The Bertz CT molecular complexity index is 482. The van der Waals surface area contributed by atoms with Gasteiger partial charge in [0.05, 0.1) is 0 Å². The topological polar surface area (TPSA) is 0 Å². The Morgan fingerprint density at radius 2 is 0.750 bits per heavy atom. The van der Waals surface area contributed by atoms with Gasteiger partial charge in [-0.05, 0) is 6.08 Å². The smallest absolute Gasteiger partial charge is 0.200 e. The highest BCUT2D eigenvalue weighted by Crippen LogP contribution is 2.62. The molecule has 0 nitrogen and oxygen atoms in total. The molecule has 0 heterocycles. The molecule has 0 fully saturated rings. The van der Waals surface area contributed by atoms with Crippen LogP contribution >= 0.6 is 0 Å². The average Bonchev–Trinajstić information content (AvgIpc) is 2.36. The quantitative estimate of drug-likeness (QED) is 0.389. The zero-order chi connectivity index (χ0) is 20.2. The van der Waals surface area contributed by atoms with Crippen molar-refractivity contribution in [2.24, 2.45) is 0 Å². The summed E-state index contributed by atoms with van der Waals surface area (Å²) >= 11 is 0. The molecule has 0 aliphatic rings. The zero-order valence-corrected chi connectivity index (χ0v) is 11.1. The van der Waals surface area contributed by atoms with E-state index < -0.39 is 54.5 Å². The van der Waals surface area contributed by atoms with Crippen molar-refractivity contribution in [3.63, 3.8) is 0 Å². The molecule has 0 spiro atoms. The molecule has 14 heteroatoms. The van der Waals surface area contributed by atoms with Crippen LogP contribution in [0.2, 0.25) is 0 Å². The first kappa shape index (κ1) is 22.8. The fourth-order valence-corrected chi connectivity index (χ4v) is 1.20. The first-order valence-corrected chi connectivity index (χ1v) is 5.34. The summed E-state index contributed by atoms with van der Waals surface area (Å²) in [4.78, 5) is 0. The summed E-state index contributed by atoms with van der Waals surface area (Å²) in [7, 11) is 0. The molecule has 0 aliphatic heterocycles. The van der Waals surface area contributed by atoms with Crippen LogP contribution < -0.4 is 0 Å². The molecular weight excluding hydrogens is 386 g/mol. The average molecular weight is 392 g/mol. The third-order valence-electron chi connectivity index (χ3n) is 2.80. The van der Waals surface area contributed by atoms with E-state index in [1.165, 1.54) is 0 Å². The van der Waals surface area contributed by atoms with Crippen molar-refractivity contribution in [1.29, 1.82) is 0 Å². The molecular formula is C10H6F14. The summed E-state index contributed by atoms with van der Waals surface area (Å²) < 4.78 is 179. The van der Waals surface area contributed by atoms with E-state index in [0.29, 0.717) is 0 Å². The van der Waals surface area contributed by atoms with Crippen molar-refractivity contribution >= 4 is 0 Å². The van der Waals surface area contributed by atoms with E-state index in [-0.39, 0.29) is 0 Å². The standard InChI is InChI=1S/C10H6F14/c1-3-5(13,14)7(17,18)9(21,22)10(23,24)8(19,20)6(15,16)4(2,11)12/h3H,1H2,2H3. The Balaban J connectivity index is 6.47. The summed E-state index contributed by atoms with van der Waals surface area (Å²) in [5.41, 5.74) is 0. The predicted octanol–water partition coefficient (Wildman–Crippen LogP) is 5.64. The van der Waals surface area contributed by atoms with Gasteiger partial charge in [0.15, 0.2) is 0 Å². The van der Waals surface area contributed by atoms with Crippen LogP contribution in [0, 0.1) is 0 Å². The molecule has 0 N–H and O–H groups in total. The minimum Gasteiger partial charge on any atom is -0.200 e.